The van der Waals surface area contributed by atoms with Crippen LogP contribution in [0.1, 0.15) is 76.4 Å². The summed E-state index contributed by atoms with van der Waals surface area (Å²) in [6.07, 6.45) is 6.22. The molecule has 2 bridgehead atoms. The minimum Gasteiger partial charge on any atom is -0.404 e. The highest BCUT2D eigenvalue weighted by Gasteiger charge is 2.69. The van der Waals surface area contributed by atoms with Crippen LogP contribution in [0.5, 0.6) is 0 Å². The van der Waals surface area contributed by atoms with Crippen LogP contribution >= 0.6 is 11.6 Å². The summed E-state index contributed by atoms with van der Waals surface area (Å²) >= 11 is 6.58. The molecule has 1 aromatic heterocycles. The van der Waals surface area contributed by atoms with E-state index in [1.807, 2.05) is 48.5 Å². The summed E-state index contributed by atoms with van der Waals surface area (Å²) in [5.41, 5.74) is 1.46. The molecule has 5 fully saturated rings. The monoisotopic (exact) mass is 629 g/mol. The minimum absolute atomic E-state index is 0.0760. The van der Waals surface area contributed by atoms with Gasteiger partial charge in [-0.2, -0.15) is 5.06 Å². The highest BCUT2D eigenvalue weighted by atomic mass is 35.5. The summed E-state index contributed by atoms with van der Waals surface area (Å²) in [5, 5.41) is 7.90. The lowest BCUT2D eigenvalue weighted by molar-refractivity contribution is -0.200. The number of pyridine rings is 1. The van der Waals surface area contributed by atoms with Crippen molar-refractivity contribution in [2.45, 2.75) is 96.5 Å². The molecule has 0 radical (unpaired) electrons. The molecule has 3 aliphatic carbocycles. The van der Waals surface area contributed by atoms with E-state index >= 15 is 0 Å². The van der Waals surface area contributed by atoms with Crippen LogP contribution in [0.25, 0.3) is 10.8 Å². The van der Waals surface area contributed by atoms with Crippen molar-refractivity contribution in [3.8, 4) is 0 Å². The van der Waals surface area contributed by atoms with Crippen molar-refractivity contribution in [3.05, 3.63) is 77.1 Å². The molecule has 3 aromatic rings. The molecule has 7 atom stereocenters. The third-order valence-corrected chi connectivity index (χ3v) is 11.6. The number of hydrogen-bond acceptors (Lipinski definition) is 6. The number of nitrogens with zero attached hydrogens (tertiary/aromatic N) is 2. The van der Waals surface area contributed by atoms with Crippen molar-refractivity contribution >= 4 is 35.4 Å². The van der Waals surface area contributed by atoms with Crippen LogP contribution in [0.3, 0.4) is 0 Å². The highest BCUT2D eigenvalue weighted by molar-refractivity contribution is 6.47. The second-order valence-corrected chi connectivity index (χ2v) is 15.3. The Kier molecular flexibility index (Phi) is 8.27. The Bertz CT molecular complexity index is 1560. The zero-order valence-corrected chi connectivity index (χ0v) is 27.8. The van der Waals surface area contributed by atoms with Crippen molar-refractivity contribution < 1.29 is 18.9 Å². The van der Waals surface area contributed by atoms with Crippen LogP contribution in [0.15, 0.2) is 60.8 Å². The Morgan fingerprint density at radius 1 is 1.09 bits per heavy atom. The van der Waals surface area contributed by atoms with E-state index in [9.17, 15) is 4.79 Å². The summed E-state index contributed by atoms with van der Waals surface area (Å²) in [7, 11) is -0.408. The molecule has 7 nitrogen and oxygen atoms in total. The first-order valence-electron chi connectivity index (χ1n) is 16.7. The van der Waals surface area contributed by atoms with Crippen molar-refractivity contribution in [1.82, 2.24) is 15.4 Å². The van der Waals surface area contributed by atoms with Gasteiger partial charge in [0, 0.05) is 29.6 Å². The number of carbonyl (C=O) groups excluding carboxylic acids is 1. The molecule has 3 heterocycles. The Balaban J connectivity index is 1.15. The van der Waals surface area contributed by atoms with Crippen molar-refractivity contribution in [2.75, 3.05) is 6.54 Å². The summed E-state index contributed by atoms with van der Waals surface area (Å²) in [6, 6.07) is 17.7. The summed E-state index contributed by atoms with van der Waals surface area (Å²) in [5.74, 6) is 1.25. The van der Waals surface area contributed by atoms with Gasteiger partial charge in [0.2, 0.25) is 0 Å². The van der Waals surface area contributed by atoms with Gasteiger partial charge < -0.3 is 14.6 Å². The first-order valence-corrected chi connectivity index (χ1v) is 17.1. The van der Waals surface area contributed by atoms with E-state index in [2.05, 4.69) is 56.0 Å². The predicted octanol–water partition coefficient (Wildman–Crippen LogP) is 6.92. The molecular weight excluding hydrogens is 585 g/mol. The standard InChI is InChI=1S/C36H45BClN3O4/c1-22(2)16-32(37-43-31-19-25-18-30(35(25,3)4)36(31,5)45-37)41-26(20-27(44-41)17-24-11-7-9-13-29(24)38)21-40-34(42)33-28-12-8-6-10-23(28)14-15-39-33/h6-15,22,25-27,30-32H,16-21H2,1-5H3,(H,40,42)/t25-,26?,27?,30-,31+,32-,36-/m0/s1. The second-order valence-electron chi connectivity index (χ2n) is 14.9. The predicted molar refractivity (Wildman–Crippen MR) is 178 cm³/mol. The number of hydroxylamine groups is 2. The van der Waals surface area contributed by atoms with Gasteiger partial charge in [0.1, 0.15) is 5.69 Å². The lowest BCUT2D eigenvalue weighted by Gasteiger charge is -2.64. The molecule has 1 amide bonds. The van der Waals surface area contributed by atoms with Crippen LogP contribution < -0.4 is 5.32 Å². The molecular formula is C36H45BClN3O4. The van der Waals surface area contributed by atoms with Gasteiger partial charge in [-0.3, -0.25) is 14.6 Å². The first-order chi connectivity index (χ1) is 21.5. The van der Waals surface area contributed by atoms with Crippen molar-refractivity contribution in [3.63, 3.8) is 0 Å². The number of rotatable bonds is 9. The van der Waals surface area contributed by atoms with Crippen LogP contribution in [-0.2, 0) is 20.6 Å². The zero-order valence-electron chi connectivity index (χ0n) is 27.0. The quantitative estimate of drug-likeness (QED) is 0.259. The Hall–Kier alpha value is -2.49. The van der Waals surface area contributed by atoms with E-state index in [0.29, 0.717) is 36.4 Å². The summed E-state index contributed by atoms with van der Waals surface area (Å²) in [6.45, 7) is 11.9. The number of carbonyl (C=O) groups is 1. The van der Waals surface area contributed by atoms with Gasteiger partial charge >= 0.3 is 7.12 Å². The van der Waals surface area contributed by atoms with Crippen LogP contribution in [0.2, 0.25) is 5.02 Å². The molecule has 3 saturated carbocycles. The fourth-order valence-corrected chi connectivity index (χ4v) is 8.95. The number of amides is 1. The summed E-state index contributed by atoms with van der Waals surface area (Å²) in [4.78, 5) is 24.8. The lowest BCUT2D eigenvalue weighted by Crippen LogP contribution is -2.65. The van der Waals surface area contributed by atoms with E-state index in [1.54, 1.807) is 6.20 Å². The number of aromatic nitrogens is 1. The molecule has 45 heavy (non-hydrogen) atoms. The molecule has 1 N–H and O–H groups in total. The van der Waals surface area contributed by atoms with Crippen molar-refractivity contribution in [1.29, 1.82) is 0 Å². The topological polar surface area (TPSA) is 72.9 Å². The van der Waals surface area contributed by atoms with Gasteiger partial charge in [-0.05, 0) is 78.9 Å². The maximum absolute atomic E-state index is 13.6. The normalized spacial score (nSPS) is 31.2. The van der Waals surface area contributed by atoms with Gasteiger partial charge in [0.05, 0.1) is 29.8 Å². The van der Waals surface area contributed by atoms with Gasteiger partial charge in [-0.1, -0.05) is 81.8 Å². The van der Waals surface area contributed by atoms with Gasteiger partial charge in [0.25, 0.3) is 5.91 Å². The maximum atomic E-state index is 13.6. The Labute approximate surface area is 272 Å². The molecule has 2 aliphatic heterocycles. The molecule has 0 spiro atoms. The molecule has 9 heteroatoms. The molecule has 2 aromatic carbocycles. The third-order valence-electron chi connectivity index (χ3n) is 11.3. The average Bonchev–Trinajstić information content (AvgIpc) is 3.59. The first kappa shape index (κ1) is 31.1. The van der Waals surface area contributed by atoms with E-state index in [-0.39, 0.29) is 41.1 Å². The number of benzene rings is 2. The van der Waals surface area contributed by atoms with Crippen LogP contribution in [0.4, 0.5) is 0 Å². The molecule has 8 rings (SSSR count). The van der Waals surface area contributed by atoms with Gasteiger partial charge in [0.15, 0.2) is 0 Å². The number of halogens is 1. The fourth-order valence-electron chi connectivity index (χ4n) is 8.74. The van der Waals surface area contributed by atoms with E-state index < -0.39 is 7.12 Å². The average molecular weight is 630 g/mol. The molecule has 2 saturated heterocycles. The van der Waals surface area contributed by atoms with E-state index in [1.165, 1.54) is 6.42 Å². The second kappa shape index (κ2) is 12.0. The molecule has 2 unspecified atom stereocenters. The van der Waals surface area contributed by atoms with Crippen LogP contribution in [-0.4, -0.2) is 59.4 Å². The van der Waals surface area contributed by atoms with Gasteiger partial charge in [-0.25, -0.2) is 0 Å². The number of fused-ring (bicyclic) bond motifs is 1. The zero-order chi connectivity index (χ0) is 31.5. The van der Waals surface area contributed by atoms with E-state index in [0.717, 1.165) is 40.6 Å². The smallest absolute Gasteiger partial charge is 0.404 e. The largest absolute Gasteiger partial charge is 0.478 e. The lowest BCUT2D eigenvalue weighted by atomic mass is 9.43. The van der Waals surface area contributed by atoms with Gasteiger partial charge in [-0.15, -0.1) is 0 Å². The Morgan fingerprint density at radius 3 is 2.64 bits per heavy atom. The fraction of sp³-hybridized carbons (Fsp3) is 0.556. The Morgan fingerprint density at radius 2 is 1.87 bits per heavy atom. The number of hydrogen-bond donors (Lipinski definition) is 1. The summed E-state index contributed by atoms with van der Waals surface area (Å²) < 4.78 is 13.9. The third kappa shape index (κ3) is 5.61. The maximum Gasteiger partial charge on any atom is 0.478 e. The molecule has 238 valence electrons. The van der Waals surface area contributed by atoms with Crippen LogP contribution in [0, 0.1) is 23.2 Å². The minimum atomic E-state index is -0.408. The van der Waals surface area contributed by atoms with E-state index in [4.69, 9.17) is 25.7 Å². The number of nitrogens with one attached hydrogen (secondary N) is 1. The SMILES string of the molecule is CC(C)C[C@@H](B1O[C@@H]2C[C@@H]3C[C@@H](C3(C)C)[C@]2(C)O1)N1OC(Cc2ccccc2Cl)CC1CNC(=O)c1nccc2ccccc12. The molecule has 5 aliphatic rings. The highest BCUT2D eigenvalue weighted by Crippen LogP contribution is 2.66. The van der Waals surface area contributed by atoms with Crippen molar-refractivity contribution in [2.24, 2.45) is 23.2 Å².